The summed E-state index contributed by atoms with van der Waals surface area (Å²) in [7, 11) is 0. The maximum absolute atomic E-state index is 12.3. The van der Waals surface area contributed by atoms with Gasteiger partial charge in [-0.25, -0.2) is 4.68 Å². The number of nitrogens with one attached hydrogen (secondary N) is 1. The molecule has 1 N–H and O–H groups in total. The molecule has 2 heterocycles. The summed E-state index contributed by atoms with van der Waals surface area (Å²) >= 11 is 0. The molecule has 1 aromatic carbocycles. The number of anilines is 1. The summed E-state index contributed by atoms with van der Waals surface area (Å²) < 4.78 is 1.83. The van der Waals surface area contributed by atoms with Crippen LogP contribution < -0.4 is 5.32 Å². The van der Waals surface area contributed by atoms with Crippen LogP contribution in [0.15, 0.2) is 54.9 Å². The SMILES string of the molecule is Cc1cc(C)n(-c2cccc(C(=O)Nc3ccncc3)c2)n1. The first-order valence-electron chi connectivity index (χ1n) is 6.98. The van der Waals surface area contributed by atoms with Crippen LogP contribution >= 0.6 is 0 Å². The Morgan fingerprint density at radius 2 is 1.86 bits per heavy atom. The van der Waals surface area contributed by atoms with Crippen LogP contribution in [0.25, 0.3) is 5.69 Å². The van der Waals surface area contributed by atoms with E-state index < -0.39 is 0 Å². The number of amides is 1. The first kappa shape index (κ1) is 14.0. The van der Waals surface area contributed by atoms with Crippen molar-refractivity contribution in [3.8, 4) is 5.69 Å². The van der Waals surface area contributed by atoms with Gasteiger partial charge in [0, 0.05) is 29.3 Å². The van der Waals surface area contributed by atoms with Crippen LogP contribution in [0, 0.1) is 13.8 Å². The number of carbonyl (C=O) groups is 1. The molecule has 3 rings (SSSR count). The maximum Gasteiger partial charge on any atom is 0.255 e. The molecule has 0 spiro atoms. The predicted octanol–water partition coefficient (Wildman–Crippen LogP) is 3.14. The van der Waals surface area contributed by atoms with Crippen LogP contribution in [0.5, 0.6) is 0 Å². The average Bonchev–Trinajstić information content (AvgIpc) is 2.87. The molecule has 0 atom stereocenters. The summed E-state index contributed by atoms with van der Waals surface area (Å²) in [6.07, 6.45) is 3.28. The third-order valence-corrected chi connectivity index (χ3v) is 3.30. The quantitative estimate of drug-likeness (QED) is 0.806. The van der Waals surface area contributed by atoms with Crippen molar-refractivity contribution < 1.29 is 4.79 Å². The van der Waals surface area contributed by atoms with Gasteiger partial charge in [0.2, 0.25) is 0 Å². The Hall–Kier alpha value is -2.95. The van der Waals surface area contributed by atoms with Crippen molar-refractivity contribution in [1.82, 2.24) is 14.8 Å². The number of aromatic nitrogens is 3. The lowest BCUT2D eigenvalue weighted by Crippen LogP contribution is -2.12. The monoisotopic (exact) mass is 292 g/mol. The fourth-order valence-electron chi connectivity index (χ4n) is 2.31. The molecule has 0 aliphatic rings. The Morgan fingerprint density at radius 3 is 2.55 bits per heavy atom. The Kier molecular flexibility index (Phi) is 3.70. The molecular weight excluding hydrogens is 276 g/mol. The van der Waals surface area contributed by atoms with Gasteiger partial charge in [-0.2, -0.15) is 5.10 Å². The van der Waals surface area contributed by atoms with Gasteiger partial charge in [-0.3, -0.25) is 9.78 Å². The number of pyridine rings is 1. The molecule has 0 aliphatic heterocycles. The van der Waals surface area contributed by atoms with E-state index in [0.717, 1.165) is 22.8 Å². The molecule has 5 nitrogen and oxygen atoms in total. The van der Waals surface area contributed by atoms with E-state index in [1.807, 2.05) is 42.8 Å². The summed E-state index contributed by atoms with van der Waals surface area (Å²) in [5.74, 6) is -0.158. The Morgan fingerprint density at radius 1 is 1.09 bits per heavy atom. The highest BCUT2D eigenvalue weighted by Gasteiger charge is 2.09. The second-order valence-electron chi connectivity index (χ2n) is 5.08. The molecule has 3 aromatic rings. The van der Waals surface area contributed by atoms with Gasteiger partial charge in [0.15, 0.2) is 0 Å². The number of carbonyl (C=O) groups excluding carboxylic acids is 1. The van der Waals surface area contributed by atoms with Gasteiger partial charge in [0.1, 0.15) is 0 Å². The fraction of sp³-hybridized carbons (Fsp3) is 0.118. The normalized spacial score (nSPS) is 10.5. The molecule has 0 radical (unpaired) electrons. The average molecular weight is 292 g/mol. The lowest BCUT2D eigenvalue weighted by Gasteiger charge is -2.08. The molecule has 0 bridgehead atoms. The van der Waals surface area contributed by atoms with Crippen molar-refractivity contribution in [2.45, 2.75) is 13.8 Å². The van der Waals surface area contributed by atoms with E-state index in [1.54, 1.807) is 30.6 Å². The van der Waals surface area contributed by atoms with Gasteiger partial charge in [-0.15, -0.1) is 0 Å². The second-order valence-corrected chi connectivity index (χ2v) is 5.08. The van der Waals surface area contributed by atoms with Crippen LogP contribution in [0.2, 0.25) is 0 Å². The molecule has 0 saturated heterocycles. The van der Waals surface area contributed by atoms with E-state index in [-0.39, 0.29) is 5.91 Å². The summed E-state index contributed by atoms with van der Waals surface area (Å²) in [6.45, 7) is 3.94. The fourth-order valence-corrected chi connectivity index (χ4v) is 2.31. The van der Waals surface area contributed by atoms with Crippen LogP contribution in [-0.2, 0) is 0 Å². The first-order valence-corrected chi connectivity index (χ1v) is 6.98. The van der Waals surface area contributed by atoms with Gasteiger partial charge in [-0.05, 0) is 50.2 Å². The Balaban J connectivity index is 1.88. The lowest BCUT2D eigenvalue weighted by atomic mass is 10.2. The number of nitrogens with zero attached hydrogens (tertiary/aromatic N) is 3. The minimum atomic E-state index is -0.158. The van der Waals surface area contributed by atoms with Crippen LogP contribution in [0.4, 0.5) is 5.69 Å². The summed E-state index contributed by atoms with van der Waals surface area (Å²) in [4.78, 5) is 16.3. The zero-order valence-corrected chi connectivity index (χ0v) is 12.4. The lowest BCUT2D eigenvalue weighted by molar-refractivity contribution is 0.102. The summed E-state index contributed by atoms with van der Waals surface area (Å²) in [5, 5.41) is 7.29. The topological polar surface area (TPSA) is 59.8 Å². The van der Waals surface area contributed by atoms with Crippen LogP contribution in [-0.4, -0.2) is 20.7 Å². The zero-order chi connectivity index (χ0) is 15.5. The van der Waals surface area contributed by atoms with E-state index in [1.165, 1.54) is 0 Å². The van der Waals surface area contributed by atoms with Gasteiger partial charge < -0.3 is 5.32 Å². The van der Waals surface area contributed by atoms with Crippen molar-refractivity contribution in [1.29, 1.82) is 0 Å². The van der Waals surface area contributed by atoms with Crippen LogP contribution in [0.1, 0.15) is 21.7 Å². The van der Waals surface area contributed by atoms with E-state index in [4.69, 9.17) is 0 Å². The van der Waals surface area contributed by atoms with Gasteiger partial charge in [0.25, 0.3) is 5.91 Å². The molecule has 1 amide bonds. The minimum Gasteiger partial charge on any atom is -0.322 e. The van der Waals surface area contributed by atoms with Crippen molar-refractivity contribution in [2.75, 3.05) is 5.32 Å². The third kappa shape index (κ3) is 2.88. The molecule has 22 heavy (non-hydrogen) atoms. The van der Waals surface area contributed by atoms with Crippen molar-refractivity contribution in [2.24, 2.45) is 0 Å². The standard InChI is InChI=1S/C17H16N4O/c1-12-10-13(2)21(20-12)16-5-3-4-14(11-16)17(22)19-15-6-8-18-9-7-15/h3-11H,1-2H3,(H,18,19,22). The van der Waals surface area contributed by atoms with E-state index in [2.05, 4.69) is 15.4 Å². The second kappa shape index (κ2) is 5.81. The van der Waals surface area contributed by atoms with Crippen molar-refractivity contribution in [3.63, 3.8) is 0 Å². The van der Waals surface area contributed by atoms with Crippen molar-refractivity contribution >= 4 is 11.6 Å². The van der Waals surface area contributed by atoms with Gasteiger partial charge in [-0.1, -0.05) is 6.07 Å². The number of hydrogen-bond acceptors (Lipinski definition) is 3. The van der Waals surface area contributed by atoms with E-state index >= 15 is 0 Å². The summed E-state index contributed by atoms with van der Waals surface area (Å²) in [5.41, 5.74) is 4.15. The van der Waals surface area contributed by atoms with E-state index in [9.17, 15) is 4.79 Å². The number of benzene rings is 1. The first-order chi connectivity index (χ1) is 10.6. The number of rotatable bonds is 3. The largest absolute Gasteiger partial charge is 0.322 e. The molecule has 2 aromatic heterocycles. The molecule has 0 unspecified atom stereocenters. The highest BCUT2D eigenvalue weighted by Crippen LogP contribution is 2.15. The summed E-state index contributed by atoms with van der Waals surface area (Å²) in [6, 6.07) is 12.9. The van der Waals surface area contributed by atoms with Gasteiger partial charge >= 0.3 is 0 Å². The van der Waals surface area contributed by atoms with Crippen LogP contribution in [0.3, 0.4) is 0 Å². The zero-order valence-electron chi connectivity index (χ0n) is 12.4. The highest BCUT2D eigenvalue weighted by atomic mass is 16.1. The number of hydrogen-bond donors (Lipinski definition) is 1. The van der Waals surface area contributed by atoms with E-state index in [0.29, 0.717) is 5.56 Å². The predicted molar refractivity (Wildman–Crippen MR) is 85.2 cm³/mol. The molecule has 0 aliphatic carbocycles. The highest BCUT2D eigenvalue weighted by molar-refractivity contribution is 6.04. The van der Waals surface area contributed by atoms with Crippen molar-refractivity contribution in [3.05, 3.63) is 71.8 Å². The molecule has 0 saturated carbocycles. The Labute approximate surface area is 128 Å². The third-order valence-electron chi connectivity index (χ3n) is 3.30. The maximum atomic E-state index is 12.3. The molecule has 0 fully saturated rings. The minimum absolute atomic E-state index is 0.158. The Bertz CT molecular complexity index is 809. The smallest absolute Gasteiger partial charge is 0.255 e. The molecule has 110 valence electrons. The number of aryl methyl sites for hydroxylation is 2. The molecule has 5 heteroatoms. The molecular formula is C17H16N4O. The van der Waals surface area contributed by atoms with Gasteiger partial charge in [0.05, 0.1) is 11.4 Å².